The maximum absolute atomic E-state index is 12.5. The van der Waals surface area contributed by atoms with Crippen molar-refractivity contribution in [3.63, 3.8) is 0 Å². The van der Waals surface area contributed by atoms with E-state index in [9.17, 15) is 18.0 Å². The first-order chi connectivity index (χ1) is 8.30. The van der Waals surface area contributed by atoms with Gasteiger partial charge in [0.2, 0.25) is 0 Å². The second-order valence-corrected chi connectivity index (χ2v) is 4.14. The molecule has 0 aliphatic heterocycles. The van der Waals surface area contributed by atoms with Gasteiger partial charge >= 0.3 is 12.1 Å². The number of halogens is 4. The Bertz CT molecular complexity index is 504. The monoisotopic (exact) mass is 320 g/mol. The number of carbonyl (C=O) groups is 1. The van der Waals surface area contributed by atoms with Crippen LogP contribution in [0.5, 0.6) is 0 Å². The van der Waals surface area contributed by atoms with Crippen LogP contribution < -0.4 is 0 Å². The third kappa shape index (κ3) is 4.37. The van der Waals surface area contributed by atoms with Crippen LogP contribution in [-0.4, -0.2) is 11.1 Å². The molecule has 0 atom stereocenters. The van der Waals surface area contributed by atoms with Gasteiger partial charge in [-0.15, -0.1) is 0 Å². The predicted octanol–water partition coefficient (Wildman–Crippen LogP) is 4.08. The van der Waals surface area contributed by atoms with Crippen molar-refractivity contribution in [1.82, 2.24) is 0 Å². The van der Waals surface area contributed by atoms with Gasteiger partial charge in [0.1, 0.15) is 0 Å². The van der Waals surface area contributed by atoms with Gasteiger partial charge in [-0.2, -0.15) is 13.2 Å². The zero-order valence-electron chi connectivity index (χ0n) is 8.91. The summed E-state index contributed by atoms with van der Waals surface area (Å²) in [7, 11) is 0. The minimum Gasteiger partial charge on any atom is -0.478 e. The summed E-state index contributed by atoms with van der Waals surface area (Å²) >= 11 is 3.09. The molecule has 1 rings (SSSR count). The molecule has 0 aromatic heterocycles. The quantitative estimate of drug-likeness (QED) is 0.673. The van der Waals surface area contributed by atoms with Crippen molar-refractivity contribution in [2.45, 2.75) is 6.18 Å². The summed E-state index contributed by atoms with van der Waals surface area (Å²) in [5.74, 6) is -1.13. The smallest absolute Gasteiger partial charge is 0.416 e. The highest BCUT2D eigenvalue weighted by atomic mass is 79.9. The number of carboxylic acid groups (broad SMARTS) is 1. The van der Waals surface area contributed by atoms with E-state index in [-0.39, 0.29) is 0 Å². The van der Waals surface area contributed by atoms with Crippen LogP contribution in [0, 0.1) is 0 Å². The molecule has 1 N–H and O–H groups in total. The van der Waals surface area contributed by atoms with Gasteiger partial charge in [0.25, 0.3) is 0 Å². The molecule has 1 aromatic rings. The molecular formula is C12H8BrF3O2. The molecule has 0 radical (unpaired) electrons. The van der Waals surface area contributed by atoms with Gasteiger partial charge in [0.05, 0.1) is 5.56 Å². The fourth-order valence-electron chi connectivity index (χ4n) is 1.16. The molecule has 1 aromatic carbocycles. The lowest BCUT2D eigenvalue weighted by atomic mass is 10.1. The van der Waals surface area contributed by atoms with Gasteiger partial charge in [-0.05, 0) is 23.8 Å². The number of alkyl halides is 3. The average Bonchev–Trinajstić information content (AvgIpc) is 2.27. The zero-order chi connectivity index (χ0) is 13.8. The Labute approximate surface area is 110 Å². The van der Waals surface area contributed by atoms with E-state index in [4.69, 9.17) is 5.11 Å². The van der Waals surface area contributed by atoms with Crippen molar-refractivity contribution in [3.8, 4) is 0 Å². The van der Waals surface area contributed by atoms with Gasteiger partial charge in [-0.1, -0.05) is 34.1 Å². The number of benzene rings is 1. The minimum absolute atomic E-state index is 0.319. The second-order valence-electron chi connectivity index (χ2n) is 3.29. The average molecular weight is 321 g/mol. The van der Waals surface area contributed by atoms with E-state index in [0.29, 0.717) is 10.0 Å². The summed E-state index contributed by atoms with van der Waals surface area (Å²) in [6, 6.07) is 4.73. The Morgan fingerprint density at radius 2 is 2.00 bits per heavy atom. The Morgan fingerprint density at radius 1 is 1.33 bits per heavy atom. The maximum atomic E-state index is 12.5. The molecule has 0 bridgehead atoms. The molecule has 0 saturated carbocycles. The molecule has 0 spiro atoms. The summed E-state index contributed by atoms with van der Waals surface area (Å²) < 4.78 is 37.8. The topological polar surface area (TPSA) is 37.3 Å². The number of hydrogen-bond acceptors (Lipinski definition) is 1. The first-order valence-corrected chi connectivity index (χ1v) is 5.54. The van der Waals surface area contributed by atoms with Gasteiger partial charge in [0, 0.05) is 10.6 Å². The number of allylic oxidation sites excluding steroid dienone is 2. The highest BCUT2D eigenvalue weighted by Crippen LogP contribution is 2.32. The van der Waals surface area contributed by atoms with Crippen molar-refractivity contribution < 1.29 is 23.1 Å². The first kappa shape index (κ1) is 14.5. The Morgan fingerprint density at radius 3 is 2.56 bits per heavy atom. The summed E-state index contributed by atoms with van der Waals surface area (Å²) in [6.07, 6.45) is -0.925. The molecular weight excluding hydrogens is 313 g/mol. The van der Waals surface area contributed by atoms with E-state index in [1.807, 2.05) is 0 Å². The molecule has 0 heterocycles. The number of carboxylic acids is 1. The highest BCUT2D eigenvalue weighted by molar-refractivity contribution is 9.15. The summed E-state index contributed by atoms with van der Waals surface area (Å²) in [4.78, 5) is 10.2. The SMILES string of the molecule is O=C(O)/C=C/C=C(/Br)c1cccc(C(F)(F)F)c1. The van der Waals surface area contributed by atoms with Crippen molar-refractivity contribution in [1.29, 1.82) is 0 Å². The zero-order valence-corrected chi connectivity index (χ0v) is 10.5. The van der Waals surface area contributed by atoms with Crippen LogP contribution >= 0.6 is 15.9 Å². The van der Waals surface area contributed by atoms with Crippen LogP contribution in [0.3, 0.4) is 0 Å². The molecule has 0 amide bonds. The summed E-state index contributed by atoms with van der Waals surface area (Å²) in [5, 5.41) is 8.37. The fraction of sp³-hybridized carbons (Fsp3) is 0.0833. The largest absolute Gasteiger partial charge is 0.478 e. The Kier molecular flexibility index (Phi) is 4.72. The molecule has 0 saturated heterocycles. The third-order valence-electron chi connectivity index (χ3n) is 1.95. The molecule has 6 heteroatoms. The first-order valence-electron chi connectivity index (χ1n) is 4.75. The molecule has 0 unspecified atom stereocenters. The van der Waals surface area contributed by atoms with E-state index in [1.165, 1.54) is 24.3 Å². The van der Waals surface area contributed by atoms with Gasteiger partial charge in [-0.3, -0.25) is 0 Å². The van der Waals surface area contributed by atoms with E-state index in [1.54, 1.807) is 0 Å². The van der Waals surface area contributed by atoms with Crippen LogP contribution in [0.25, 0.3) is 4.48 Å². The Hall–Kier alpha value is -1.56. The standard InChI is InChI=1S/C12H8BrF3O2/c13-10(5-2-6-11(17)18)8-3-1-4-9(7-8)12(14,15)16/h1-7H,(H,17,18)/b6-2+,10-5+. The molecule has 18 heavy (non-hydrogen) atoms. The number of aliphatic carboxylic acids is 1. The van der Waals surface area contributed by atoms with Crippen molar-refractivity contribution in [2.24, 2.45) is 0 Å². The normalized spacial score (nSPS) is 13.0. The van der Waals surface area contributed by atoms with Crippen molar-refractivity contribution in [2.75, 3.05) is 0 Å². The highest BCUT2D eigenvalue weighted by Gasteiger charge is 2.30. The van der Waals surface area contributed by atoms with Crippen LogP contribution in [-0.2, 0) is 11.0 Å². The number of hydrogen-bond donors (Lipinski definition) is 1. The summed E-state index contributed by atoms with van der Waals surface area (Å²) in [6.45, 7) is 0. The van der Waals surface area contributed by atoms with Crippen LogP contribution in [0.1, 0.15) is 11.1 Å². The van der Waals surface area contributed by atoms with Gasteiger partial charge < -0.3 is 5.11 Å². The van der Waals surface area contributed by atoms with Crippen LogP contribution in [0.2, 0.25) is 0 Å². The lowest BCUT2D eigenvalue weighted by molar-refractivity contribution is -0.137. The summed E-state index contributed by atoms with van der Waals surface area (Å²) in [5.41, 5.74) is -0.438. The van der Waals surface area contributed by atoms with Crippen LogP contribution in [0.4, 0.5) is 13.2 Å². The van der Waals surface area contributed by atoms with Crippen molar-refractivity contribution in [3.05, 3.63) is 53.6 Å². The van der Waals surface area contributed by atoms with Gasteiger partial charge in [0.15, 0.2) is 0 Å². The fourth-order valence-corrected chi connectivity index (χ4v) is 1.55. The predicted molar refractivity (Wildman–Crippen MR) is 65.1 cm³/mol. The Balaban J connectivity index is 3.00. The molecule has 0 aliphatic carbocycles. The minimum atomic E-state index is -4.40. The van der Waals surface area contributed by atoms with E-state index < -0.39 is 17.7 Å². The number of rotatable bonds is 3. The van der Waals surface area contributed by atoms with Crippen LogP contribution in [0.15, 0.2) is 42.5 Å². The van der Waals surface area contributed by atoms with E-state index in [2.05, 4.69) is 15.9 Å². The molecule has 2 nitrogen and oxygen atoms in total. The molecule has 0 fully saturated rings. The van der Waals surface area contributed by atoms with E-state index >= 15 is 0 Å². The van der Waals surface area contributed by atoms with Gasteiger partial charge in [-0.25, -0.2) is 4.79 Å². The molecule has 0 aliphatic rings. The second kappa shape index (κ2) is 5.86. The molecule has 96 valence electrons. The lowest BCUT2D eigenvalue weighted by Crippen LogP contribution is -2.04. The lowest BCUT2D eigenvalue weighted by Gasteiger charge is -2.07. The third-order valence-corrected chi connectivity index (χ3v) is 2.67. The maximum Gasteiger partial charge on any atom is 0.416 e. The van der Waals surface area contributed by atoms with E-state index in [0.717, 1.165) is 18.2 Å². The van der Waals surface area contributed by atoms with Crippen molar-refractivity contribution >= 4 is 26.4 Å².